The summed E-state index contributed by atoms with van der Waals surface area (Å²) >= 11 is 6.06. The maximum atomic E-state index is 12.1. The van der Waals surface area contributed by atoms with Crippen LogP contribution in [0.1, 0.15) is 16.8 Å². The van der Waals surface area contributed by atoms with E-state index >= 15 is 0 Å². The van der Waals surface area contributed by atoms with Gasteiger partial charge in [-0.3, -0.25) is 19.6 Å². The Balaban J connectivity index is 1.98. The van der Waals surface area contributed by atoms with E-state index in [-0.39, 0.29) is 5.78 Å². The highest BCUT2D eigenvalue weighted by molar-refractivity contribution is 6.35. The first-order chi connectivity index (χ1) is 9.08. The smallest absolute Gasteiger partial charge is 0.307 e. The SMILES string of the molecule is O=C(O)[C@H]1C[C@@H]1C(=O)c1cc(Cl)c2nccnc2c1. The quantitative estimate of drug-likeness (QED) is 0.869. The number of aliphatic carboxylic acids is 1. The fourth-order valence-electron chi connectivity index (χ4n) is 2.15. The lowest BCUT2D eigenvalue weighted by Gasteiger charge is -2.03. The molecule has 1 aliphatic rings. The van der Waals surface area contributed by atoms with Crippen molar-refractivity contribution in [3.8, 4) is 0 Å². The van der Waals surface area contributed by atoms with Crippen LogP contribution in [0.15, 0.2) is 24.5 Å². The molecule has 1 heterocycles. The molecule has 0 amide bonds. The molecule has 2 atom stereocenters. The number of nitrogens with zero attached hydrogens (tertiary/aromatic N) is 2. The van der Waals surface area contributed by atoms with E-state index in [9.17, 15) is 9.59 Å². The van der Waals surface area contributed by atoms with Gasteiger partial charge in [0.25, 0.3) is 0 Å². The van der Waals surface area contributed by atoms with Crippen molar-refractivity contribution < 1.29 is 14.7 Å². The van der Waals surface area contributed by atoms with Crippen LogP contribution < -0.4 is 0 Å². The van der Waals surface area contributed by atoms with Crippen LogP contribution in [0.5, 0.6) is 0 Å². The van der Waals surface area contributed by atoms with Crippen LogP contribution in [0.3, 0.4) is 0 Å². The lowest BCUT2D eigenvalue weighted by molar-refractivity contribution is -0.138. The van der Waals surface area contributed by atoms with Crippen molar-refractivity contribution in [3.63, 3.8) is 0 Å². The predicted molar refractivity (Wildman–Crippen MR) is 68.1 cm³/mol. The number of carbonyl (C=O) groups excluding carboxylic acids is 1. The number of benzene rings is 1. The van der Waals surface area contributed by atoms with Crippen molar-refractivity contribution in [1.29, 1.82) is 0 Å². The molecule has 6 heteroatoms. The van der Waals surface area contributed by atoms with Crippen LogP contribution in [-0.4, -0.2) is 26.8 Å². The molecular formula is C13H9ClN2O3. The first-order valence-corrected chi connectivity index (χ1v) is 6.13. The fourth-order valence-corrected chi connectivity index (χ4v) is 2.41. The van der Waals surface area contributed by atoms with Crippen LogP contribution >= 0.6 is 11.6 Å². The molecule has 1 aromatic carbocycles. The first kappa shape index (κ1) is 12.0. The molecule has 0 unspecified atom stereocenters. The molecule has 1 saturated carbocycles. The second-order valence-electron chi connectivity index (χ2n) is 4.53. The maximum Gasteiger partial charge on any atom is 0.307 e. The van der Waals surface area contributed by atoms with Crippen LogP contribution in [0.4, 0.5) is 0 Å². The number of aromatic nitrogens is 2. The molecule has 0 aliphatic heterocycles. The highest BCUT2D eigenvalue weighted by Crippen LogP contribution is 2.41. The first-order valence-electron chi connectivity index (χ1n) is 5.75. The lowest BCUT2D eigenvalue weighted by Crippen LogP contribution is -2.08. The highest BCUT2D eigenvalue weighted by atomic mass is 35.5. The van der Waals surface area contributed by atoms with E-state index in [4.69, 9.17) is 16.7 Å². The zero-order valence-corrected chi connectivity index (χ0v) is 10.5. The van der Waals surface area contributed by atoms with Crippen molar-refractivity contribution in [2.75, 3.05) is 0 Å². The van der Waals surface area contributed by atoms with E-state index in [0.717, 1.165) is 0 Å². The van der Waals surface area contributed by atoms with E-state index in [1.807, 2.05) is 0 Å². The number of carbonyl (C=O) groups is 2. The Labute approximate surface area is 113 Å². The summed E-state index contributed by atoms with van der Waals surface area (Å²) in [5.74, 6) is -2.13. The molecule has 1 N–H and O–H groups in total. The third-order valence-corrected chi connectivity index (χ3v) is 3.54. The van der Waals surface area contributed by atoms with Gasteiger partial charge in [-0.15, -0.1) is 0 Å². The number of hydrogen-bond donors (Lipinski definition) is 1. The molecule has 1 aromatic heterocycles. The minimum Gasteiger partial charge on any atom is -0.481 e. The Bertz CT molecular complexity index is 701. The molecule has 19 heavy (non-hydrogen) atoms. The number of carboxylic acids is 1. The summed E-state index contributed by atoms with van der Waals surface area (Å²) < 4.78 is 0. The maximum absolute atomic E-state index is 12.1. The van der Waals surface area contributed by atoms with Crippen molar-refractivity contribution in [1.82, 2.24) is 9.97 Å². The van der Waals surface area contributed by atoms with Gasteiger partial charge in [-0.1, -0.05) is 11.6 Å². The summed E-state index contributed by atoms with van der Waals surface area (Å²) in [6.07, 6.45) is 3.44. The highest BCUT2D eigenvalue weighted by Gasteiger charge is 2.48. The molecule has 0 radical (unpaired) electrons. The number of Topliss-reactive ketones (excluding diaryl/α,β-unsaturated/α-hetero) is 1. The third kappa shape index (κ3) is 2.06. The van der Waals surface area contributed by atoms with Gasteiger partial charge < -0.3 is 5.11 Å². The number of hydrogen-bond acceptors (Lipinski definition) is 4. The molecule has 5 nitrogen and oxygen atoms in total. The normalized spacial score (nSPS) is 21.3. The Morgan fingerprint density at radius 3 is 2.63 bits per heavy atom. The van der Waals surface area contributed by atoms with E-state index in [0.29, 0.717) is 28.0 Å². The van der Waals surface area contributed by atoms with Gasteiger partial charge in [0.1, 0.15) is 5.52 Å². The Kier molecular flexibility index (Phi) is 2.71. The van der Waals surface area contributed by atoms with Crippen molar-refractivity contribution >= 4 is 34.4 Å². The summed E-state index contributed by atoms with van der Waals surface area (Å²) in [5, 5.41) is 9.19. The van der Waals surface area contributed by atoms with Crippen LogP contribution in [0.2, 0.25) is 5.02 Å². The molecular weight excluding hydrogens is 268 g/mol. The van der Waals surface area contributed by atoms with Crippen LogP contribution in [-0.2, 0) is 4.79 Å². The lowest BCUT2D eigenvalue weighted by atomic mass is 10.0. The predicted octanol–water partition coefficient (Wildman–Crippen LogP) is 2.19. The van der Waals surface area contributed by atoms with Gasteiger partial charge in [0.05, 0.1) is 16.5 Å². The molecule has 0 bridgehead atoms. The van der Waals surface area contributed by atoms with Crippen molar-refractivity contribution in [2.45, 2.75) is 6.42 Å². The zero-order chi connectivity index (χ0) is 13.6. The second-order valence-corrected chi connectivity index (χ2v) is 4.94. The fraction of sp³-hybridized carbons (Fsp3) is 0.231. The topological polar surface area (TPSA) is 80.1 Å². The minimum atomic E-state index is -0.926. The molecule has 3 rings (SSSR count). The number of rotatable bonds is 3. The molecule has 2 aromatic rings. The summed E-state index contributed by atoms with van der Waals surface area (Å²) in [6.45, 7) is 0. The largest absolute Gasteiger partial charge is 0.481 e. The zero-order valence-electron chi connectivity index (χ0n) is 9.71. The molecule has 0 saturated heterocycles. The van der Waals surface area contributed by atoms with Gasteiger partial charge in [0.15, 0.2) is 5.78 Å². The van der Waals surface area contributed by atoms with E-state index in [1.165, 1.54) is 18.5 Å². The van der Waals surface area contributed by atoms with Gasteiger partial charge in [-0.2, -0.15) is 0 Å². The molecule has 1 aliphatic carbocycles. The van der Waals surface area contributed by atoms with Gasteiger partial charge >= 0.3 is 5.97 Å². The number of fused-ring (bicyclic) bond motifs is 1. The van der Waals surface area contributed by atoms with E-state index in [2.05, 4.69) is 9.97 Å². The summed E-state index contributed by atoms with van der Waals surface area (Å²) in [6, 6.07) is 3.13. The Morgan fingerprint density at radius 2 is 1.95 bits per heavy atom. The standard InChI is InChI=1S/C13H9ClN2O3/c14-9-3-6(4-10-11(9)16-2-1-15-10)12(17)7-5-8(7)13(18)19/h1-4,7-8H,5H2,(H,18,19)/t7-,8-/m0/s1. The van der Waals surface area contributed by atoms with Gasteiger partial charge in [0, 0.05) is 23.9 Å². The minimum absolute atomic E-state index is 0.193. The van der Waals surface area contributed by atoms with Crippen LogP contribution in [0, 0.1) is 11.8 Å². The summed E-state index contributed by atoms with van der Waals surface area (Å²) in [7, 11) is 0. The summed E-state index contributed by atoms with van der Waals surface area (Å²) in [4.78, 5) is 31.1. The van der Waals surface area contributed by atoms with Gasteiger partial charge in [-0.25, -0.2) is 0 Å². The molecule has 1 fully saturated rings. The van der Waals surface area contributed by atoms with Gasteiger partial charge in [0.2, 0.25) is 0 Å². The number of carboxylic acid groups (broad SMARTS) is 1. The Morgan fingerprint density at radius 1 is 1.21 bits per heavy atom. The van der Waals surface area contributed by atoms with Crippen LogP contribution in [0.25, 0.3) is 11.0 Å². The average Bonchev–Trinajstić information content (AvgIpc) is 3.18. The third-order valence-electron chi connectivity index (χ3n) is 3.26. The van der Waals surface area contributed by atoms with Crippen molar-refractivity contribution in [3.05, 3.63) is 35.1 Å². The summed E-state index contributed by atoms with van der Waals surface area (Å²) in [5.41, 5.74) is 1.46. The van der Waals surface area contributed by atoms with E-state index < -0.39 is 17.8 Å². The molecule has 96 valence electrons. The van der Waals surface area contributed by atoms with E-state index in [1.54, 1.807) is 6.07 Å². The average molecular weight is 277 g/mol. The Hall–Kier alpha value is -2.01. The number of halogens is 1. The second kappa shape index (κ2) is 4.28. The van der Waals surface area contributed by atoms with Gasteiger partial charge in [-0.05, 0) is 18.6 Å². The monoisotopic (exact) mass is 276 g/mol. The molecule has 0 spiro atoms. The number of ketones is 1. The van der Waals surface area contributed by atoms with Crippen molar-refractivity contribution in [2.24, 2.45) is 11.8 Å².